The summed E-state index contributed by atoms with van der Waals surface area (Å²) in [5.74, 6) is -0.702. The number of rotatable bonds is 4. The first kappa shape index (κ1) is 17.2. The Morgan fingerprint density at radius 3 is 2.88 bits per heavy atom. The second kappa shape index (κ2) is 7.08. The molecule has 1 saturated heterocycles. The van der Waals surface area contributed by atoms with Crippen LogP contribution in [0.5, 0.6) is 5.75 Å². The summed E-state index contributed by atoms with van der Waals surface area (Å²) in [6.07, 6.45) is 0.214. The molecule has 1 atom stereocenters. The van der Waals surface area contributed by atoms with Crippen molar-refractivity contribution in [3.63, 3.8) is 0 Å². The molecule has 8 heteroatoms. The van der Waals surface area contributed by atoms with Gasteiger partial charge in [0.15, 0.2) is 6.61 Å². The molecule has 3 amide bonds. The van der Waals surface area contributed by atoms with Crippen LogP contribution in [-0.4, -0.2) is 60.8 Å². The number of hydrogen-bond acceptors (Lipinski definition) is 4. The molecule has 1 aromatic carbocycles. The number of ether oxygens (including phenoxy) is 1. The summed E-state index contributed by atoms with van der Waals surface area (Å²) in [6.45, 7) is 1.08. The Labute approximate surface area is 144 Å². The molecule has 0 saturated carbocycles. The van der Waals surface area contributed by atoms with Crippen LogP contribution < -0.4 is 10.1 Å². The van der Waals surface area contributed by atoms with Gasteiger partial charge in [-0.05, 0) is 18.2 Å². The first-order chi connectivity index (χ1) is 11.9. The number of carbonyl (C=O) groups is 3. The molecule has 0 radical (unpaired) electrons. The third-order valence-corrected chi connectivity index (χ3v) is 4.48. The van der Waals surface area contributed by atoms with Gasteiger partial charge in [-0.15, -0.1) is 0 Å². The Kier molecular flexibility index (Phi) is 4.87. The molecular formula is C17H20FN3O4. The standard InChI is InChI=1S/C17H20FN3O4/c1-20-8-12(7-15(20)22)17(24)19-4-5-21-9-11-6-13(18)2-3-14(11)25-10-16(21)23/h2-3,6,12H,4-5,7-10H2,1H3,(H,19,24). The van der Waals surface area contributed by atoms with E-state index in [1.54, 1.807) is 7.05 Å². The molecule has 3 rings (SSSR count). The molecule has 0 aromatic heterocycles. The number of halogens is 1. The number of hydrogen-bond donors (Lipinski definition) is 1. The van der Waals surface area contributed by atoms with Crippen molar-refractivity contribution in [1.29, 1.82) is 0 Å². The van der Waals surface area contributed by atoms with E-state index < -0.39 is 0 Å². The average Bonchev–Trinajstić information content (AvgIpc) is 2.83. The van der Waals surface area contributed by atoms with Gasteiger partial charge in [0.05, 0.1) is 5.92 Å². The van der Waals surface area contributed by atoms with E-state index in [1.165, 1.54) is 28.0 Å². The van der Waals surface area contributed by atoms with Gasteiger partial charge in [-0.1, -0.05) is 0 Å². The van der Waals surface area contributed by atoms with Crippen LogP contribution >= 0.6 is 0 Å². The topological polar surface area (TPSA) is 79.0 Å². The van der Waals surface area contributed by atoms with Gasteiger partial charge >= 0.3 is 0 Å². The third kappa shape index (κ3) is 3.89. The predicted molar refractivity (Wildman–Crippen MR) is 86.1 cm³/mol. The van der Waals surface area contributed by atoms with E-state index in [4.69, 9.17) is 4.74 Å². The van der Waals surface area contributed by atoms with Crippen molar-refractivity contribution in [2.24, 2.45) is 5.92 Å². The Bertz CT molecular complexity index is 709. The zero-order valence-corrected chi connectivity index (χ0v) is 14.0. The minimum absolute atomic E-state index is 0.0429. The predicted octanol–water partition coefficient (Wildman–Crippen LogP) is 0.141. The highest BCUT2D eigenvalue weighted by Gasteiger charge is 2.32. The van der Waals surface area contributed by atoms with Crippen LogP contribution in [0.25, 0.3) is 0 Å². The number of fused-ring (bicyclic) bond motifs is 1. The fourth-order valence-corrected chi connectivity index (χ4v) is 3.04. The monoisotopic (exact) mass is 349 g/mol. The maximum Gasteiger partial charge on any atom is 0.260 e. The minimum Gasteiger partial charge on any atom is -0.483 e. The van der Waals surface area contributed by atoms with Gasteiger partial charge in [0.1, 0.15) is 11.6 Å². The molecule has 1 N–H and O–H groups in total. The number of benzene rings is 1. The largest absolute Gasteiger partial charge is 0.483 e. The van der Waals surface area contributed by atoms with Crippen molar-refractivity contribution in [3.8, 4) is 5.75 Å². The Morgan fingerprint density at radius 2 is 2.16 bits per heavy atom. The van der Waals surface area contributed by atoms with E-state index in [0.29, 0.717) is 24.4 Å². The summed E-state index contributed by atoms with van der Waals surface area (Å²) in [7, 11) is 1.67. The van der Waals surface area contributed by atoms with Crippen molar-refractivity contribution in [1.82, 2.24) is 15.1 Å². The number of nitrogens with zero attached hydrogens (tertiary/aromatic N) is 2. The first-order valence-electron chi connectivity index (χ1n) is 8.14. The molecule has 1 fully saturated rings. The van der Waals surface area contributed by atoms with Gasteiger partial charge in [-0.25, -0.2) is 4.39 Å². The van der Waals surface area contributed by atoms with E-state index in [1.807, 2.05) is 0 Å². The van der Waals surface area contributed by atoms with E-state index in [-0.39, 0.29) is 55.6 Å². The molecule has 7 nitrogen and oxygen atoms in total. The molecule has 134 valence electrons. The van der Waals surface area contributed by atoms with Crippen molar-refractivity contribution >= 4 is 17.7 Å². The number of nitrogens with one attached hydrogen (secondary N) is 1. The summed E-state index contributed by atoms with van der Waals surface area (Å²) in [5.41, 5.74) is 0.597. The molecule has 0 bridgehead atoms. The van der Waals surface area contributed by atoms with Gasteiger partial charge in [-0.2, -0.15) is 0 Å². The molecule has 0 spiro atoms. The summed E-state index contributed by atoms with van der Waals surface area (Å²) < 4.78 is 18.8. The Balaban J connectivity index is 1.54. The highest BCUT2D eigenvalue weighted by Crippen LogP contribution is 2.24. The highest BCUT2D eigenvalue weighted by molar-refractivity contribution is 5.89. The highest BCUT2D eigenvalue weighted by atomic mass is 19.1. The molecule has 0 aliphatic carbocycles. The first-order valence-corrected chi connectivity index (χ1v) is 8.14. The van der Waals surface area contributed by atoms with Crippen molar-refractivity contribution in [2.75, 3.05) is 33.3 Å². The minimum atomic E-state index is -0.389. The molecule has 1 aromatic rings. The fraction of sp³-hybridized carbons (Fsp3) is 0.471. The maximum absolute atomic E-state index is 13.4. The van der Waals surface area contributed by atoms with Crippen LogP contribution in [-0.2, 0) is 20.9 Å². The summed E-state index contributed by atoms with van der Waals surface area (Å²) >= 11 is 0. The Morgan fingerprint density at radius 1 is 1.36 bits per heavy atom. The quantitative estimate of drug-likeness (QED) is 0.839. The van der Waals surface area contributed by atoms with Gasteiger partial charge < -0.3 is 19.9 Å². The lowest BCUT2D eigenvalue weighted by atomic mass is 10.1. The number of amides is 3. The fourth-order valence-electron chi connectivity index (χ4n) is 3.04. The van der Waals surface area contributed by atoms with Gasteiger partial charge in [0.25, 0.3) is 5.91 Å². The van der Waals surface area contributed by atoms with Crippen molar-refractivity contribution < 1.29 is 23.5 Å². The van der Waals surface area contributed by atoms with E-state index >= 15 is 0 Å². The van der Waals surface area contributed by atoms with E-state index in [9.17, 15) is 18.8 Å². The summed E-state index contributed by atoms with van der Waals surface area (Å²) in [6, 6.07) is 4.15. The maximum atomic E-state index is 13.4. The van der Waals surface area contributed by atoms with Crippen LogP contribution in [0.1, 0.15) is 12.0 Å². The zero-order valence-electron chi connectivity index (χ0n) is 14.0. The lowest BCUT2D eigenvalue weighted by Crippen LogP contribution is -2.41. The summed E-state index contributed by atoms with van der Waals surface area (Å²) in [4.78, 5) is 38.8. The van der Waals surface area contributed by atoms with Crippen LogP contribution in [0.15, 0.2) is 18.2 Å². The van der Waals surface area contributed by atoms with E-state index in [0.717, 1.165) is 0 Å². The number of likely N-dealkylation sites (tertiary alicyclic amines) is 1. The van der Waals surface area contributed by atoms with Gasteiger partial charge in [-0.3, -0.25) is 14.4 Å². The van der Waals surface area contributed by atoms with Gasteiger partial charge in [0, 0.05) is 45.2 Å². The van der Waals surface area contributed by atoms with Crippen LogP contribution in [0.2, 0.25) is 0 Å². The van der Waals surface area contributed by atoms with Crippen LogP contribution in [0.4, 0.5) is 4.39 Å². The van der Waals surface area contributed by atoms with Crippen molar-refractivity contribution in [3.05, 3.63) is 29.6 Å². The third-order valence-electron chi connectivity index (χ3n) is 4.48. The molecule has 2 aliphatic heterocycles. The summed E-state index contributed by atoms with van der Waals surface area (Å²) in [5, 5.41) is 2.76. The smallest absolute Gasteiger partial charge is 0.260 e. The second-order valence-electron chi connectivity index (χ2n) is 6.32. The number of carbonyl (C=O) groups excluding carboxylic acids is 3. The Hall–Kier alpha value is -2.64. The molecule has 1 unspecified atom stereocenters. The van der Waals surface area contributed by atoms with Crippen molar-refractivity contribution in [2.45, 2.75) is 13.0 Å². The zero-order chi connectivity index (χ0) is 18.0. The molecular weight excluding hydrogens is 329 g/mol. The lowest BCUT2D eigenvalue weighted by Gasteiger charge is -2.20. The molecule has 25 heavy (non-hydrogen) atoms. The molecule has 2 aliphatic rings. The van der Waals surface area contributed by atoms with Crippen LogP contribution in [0.3, 0.4) is 0 Å². The average molecular weight is 349 g/mol. The molecule has 2 heterocycles. The SMILES string of the molecule is CN1CC(C(=O)NCCN2Cc3cc(F)ccc3OCC2=O)CC1=O. The van der Waals surface area contributed by atoms with Gasteiger partial charge in [0.2, 0.25) is 11.8 Å². The lowest BCUT2D eigenvalue weighted by molar-refractivity contribution is -0.133. The van der Waals surface area contributed by atoms with Crippen LogP contribution in [0, 0.1) is 11.7 Å². The normalized spacial score (nSPS) is 20.2. The van der Waals surface area contributed by atoms with E-state index in [2.05, 4.69) is 5.32 Å². The second-order valence-corrected chi connectivity index (χ2v) is 6.32.